The molecule has 1 aliphatic heterocycles. The Labute approximate surface area is 91.9 Å². The Morgan fingerprint density at radius 2 is 1.87 bits per heavy atom. The van der Waals surface area contributed by atoms with E-state index in [-0.39, 0.29) is 29.5 Å². The van der Waals surface area contributed by atoms with E-state index in [1.807, 2.05) is 17.6 Å². The maximum Gasteiger partial charge on any atom is 0.234 e. The lowest BCUT2D eigenvalue weighted by molar-refractivity contribution is -0.138. The molecule has 78 valence electrons. The van der Waals surface area contributed by atoms with Gasteiger partial charge in [0, 0.05) is 0 Å². The van der Waals surface area contributed by atoms with E-state index in [0.29, 0.717) is 12.8 Å². The summed E-state index contributed by atoms with van der Waals surface area (Å²) in [5, 5.41) is 10.3. The number of likely N-dealkylation sites (tertiary alicyclic amines) is 1. The fourth-order valence-corrected chi connectivity index (χ4v) is 2.53. The minimum atomic E-state index is -0.179. The number of allylic oxidation sites excluding steroid dienone is 2. The zero-order valence-electron chi connectivity index (χ0n) is 8.05. The van der Waals surface area contributed by atoms with Crippen LogP contribution in [0.15, 0.2) is 12.2 Å². The van der Waals surface area contributed by atoms with Gasteiger partial charge in [-0.15, -0.1) is 0 Å². The van der Waals surface area contributed by atoms with Gasteiger partial charge in [0.2, 0.25) is 11.8 Å². The molecule has 0 unspecified atom stereocenters. The Hall–Kier alpha value is -1.28. The van der Waals surface area contributed by atoms with Crippen molar-refractivity contribution >= 4 is 23.6 Å². The minimum Gasteiger partial charge on any atom is -0.274 e. The van der Waals surface area contributed by atoms with Gasteiger partial charge in [-0.25, -0.2) is 0 Å². The Morgan fingerprint density at radius 1 is 1.33 bits per heavy atom. The predicted octanol–water partition coefficient (Wildman–Crippen LogP) is 1.11. The van der Waals surface area contributed by atoms with Gasteiger partial charge in [-0.1, -0.05) is 12.2 Å². The average Bonchev–Trinajstić information content (AvgIpc) is 2.51. The normalized spacial score (nSPS) is 29.1. The highest BCUT2D eigenvalue weighted by Crippen LogP contribution is 2.35. The number of amides is 2. The number of nitriles is 1. The Kier molecular flexibility index (Phi) is 2.78. The summed E-state index contributed by atoms with van der Waals surface area (Å²) in [4.78, 5) is 24.8. The zero-order chi connectivity index (χ0) is 10.8. The van der Waals surface area contributed by atoms with E-state index >= 15 is 0 Å². The van der Waals surface area contributed by atoms with Crippen molar-refractivity contribution in [1.82, 2.24) is 4.90 Å². The highest BCUT2D eigenvalue weighted by Gasteiger charge is 2.46. The first-order chi connectivity index (χ1) is 7.25. The Morgan fingerprint density at radius 3 is 2.33 bits per heavy atom. The molecule has 0 aromatic heterocycles. The van der Waals surface area contributed by atoms with E-state index in [4.69, 9.17) is 5.26 Å². The van der Waals surface area contributed by atoms with E-state index < -0.39 is 0 Å². The molecule has 15 heavy (non-hydrogen) atoms. The summed E-state index contributed by atoms with van der Waals surface area (Å²) in [6.07, 6.45) is 5.21. The molecule has 0 spiro atoms. The van der Waals surface area contributed by atoms with Gasteiger partial charge in [-0.3, -0.25) is 14.5 Å². The van der Waals surface area contributed by atoms with Gasteiger partial charge in [-0.05, 0) is 24.6 Å². The van der Waals surface area contributed by atoms with Crippen molar-refractivity contribution in [2.75, 3.05) is 5.88 Å². The molecule has 2 aliphatic rings. The second-order valence-electron chi connectivity index (χ2n) is 3.63. The number of fused-ring (bicyclic) bond motifs is 1. The van der Waals surface area contributed by atoms with Gasteiger partial charge in [0.05, 0.1) is 17.7 Å². The molecule has 4 nitrogen and oxygen atoms in total. The Bertz CT molecular complexity index is 346. The molecule has 2 atom stereocenters. The molecule has 1 aliphatic carbocycles. The SMILES string of the molecule is N#CSCN1C(=O)[C@@H]2CC=CC[C@H]2C1=O. The number of imide groups is 1. The number of carbonyl (C=O) groups is 2. The van der Waals surface area contributed by atoms with E-state index in [9.17, 15) is 9.59 Å². The summed E-state index contributed by atoms with van der Waals surface area (Å²) >= 11 is 0.928. The van der Waals surface area contributed by atoms with Gasteiger partial charge in [0.25, 0.3) is 0 Å². The van der Waals surface area contributed by atoms with Crippen molar-refractivity contribution in [1.29, 1.82) is 5.26 Å². The van der Waals surface area contributed by atoms with Crippen LogP contribution < -0.4 is 0 Å². The van der Waals surface area contributed by atoms with Crippen molar-refractivity contribution in [3.8, 4) is 5.40 Å². The van der Waals surface area contributed by atoms with Crippen LogP contribution >= 0.6 is 11.8 Å². The topological polar surface area (TPSA) is 61.2 Å². The molecular weight excluding hydrogens is 212 g/mol. The van der Waals surface area contributed by atoms with Crippen molar-refractivity contribution in [3.05, 3.63) is 12.2 Å². The number of thioether (sulfide) groups is 1. The highest BCUT2D eigenvalue weighted by atomic mass is 32.2. The summed E-state index contributed by atoms with van der Waals surface area (Å²) < 4.78 is 0. The molecule has 0 aromatic carbocycles. The molecule has 2 rings (SSSR count). The number of thiocyanates is 1. The summed E-state index contributed by atoms with van der Waals surface area (Å²) in [6.45, 7) is 0. The van der Waals surface area contributed by atoms with Gasteiger partial charge in [-0.2, -0.15) is 5.26 Å². The molecule has 1 heterocycles. The molecule has 0 N–H and O–H groups in total. The summed E-state index contributed by atoms with van der Waals surface area (Å²) in [5.74, 6) is -0.418. The van der Waals surface area contributed by atoms with E-state index in [1.54, 1.807) is 0 Å². The first-order valence-electron chi connectivity index (χ1n) is 4.77. The van der Waals surface area contributed by atoms with Crippen molar-refractivity contribution < 1.29 is 9.59 Å². The third-order valence-electron chi connectivity index (χ3n) is 2.86. The smallest absolute Gasteiger partial charge is 0.234 e. The molecular formula is C10H10N2O2S. The van der Waals surface area contributed by atoms with Crippen LogP contribution in [0.4, 0.5) is 0 Å². The molecule has 0 bridgehead atoms. The lowest BCUT2D eigenvalue weighted by Crippen LogP contribution is -2.30. The molecule has 5 heteroatoms. The van der Waals surface area contributed by atoms with Gasteiger partial charge >= 0.3 is 0 Å². The van der Waals surface area contributed by atoms with Crippen LogP contribution in [0, 0.1) is 22.5 Å². The van der Waals surface area contributed by atoms with E-state index in [1.165, 1.54) is 4.90 Å². The monoisotopic (exact) mass is 222 g/mol. The van der Waals surface area contributed by atoms with Crippen LogP contribution in [0.5, 0.6) is 0 Å². The fourth-order valence-electron chi connectivity index (χ4n) is 2.09. The van der Waals surface area contributed by atoms with Crippen LogP contribution in [0.1, 0.15) is 12.8 Å². The lowest BCUT2D eigenvalue weighted by Gasteiger charge is -2.14. The quantitative estimate of drug-likeness (QED) is 0.399. The van der Waals surface area contributed by atoms with Crippen LogP contribution in [0.25, 0.3) is 0 Å². The van der Waals surface area contributed by atoms with E-state index in [2.05, 4.69) is 0 Å². The maximum atomic E-state index is 11.8. The Balaban J connectivity index is 2.14. The van der Waals surface area contributed by atoms with Crippen LogP contribution in [-0.4, -0.2) is 22.6 Å². The summed E-state index contributed by atoms with van der Waals surface area (Å²) in [6, 6.07) is 0. The number of nitrogens with zero attached hydrogens (tertiary/aromatic N) is 2. The second-order valence-corrected chi connectivity index (χ2v) is 4.35. The standard InChI is InChI=1S/C10H10N2O2S/c11-5-15-6-12-9(13)7-3-1-2-4-8(7)10(12)14/h1-2,7-8H,3-4,6H2/t7-,8-/m1/s1. The number of hydrogen-bond acceptors (Lipinski definition) is 4. The largest absolute Gasteiger partial charge is 0.274 e. The third-order valence-corrected chi connectivity index (χ3v) is 3.37. The third kappa shape index (κ3) is 1.65. The molecule has 1 fully saturated rings. The van der Waals surface area contributed by atoms with Gasteiger partial charge in [0.15, 0.2) is 0 Å². The molecule has 0 radical (unpaired) electrons. The first kappa shape index (κ1) is 10.2. The van der Waals surface area contributed by atoms with Gasteiger partial charge < -0.3 is 0 Å². The number of rotatable bonds is 2. The summed E-state index contributed by atoms with van der Waals surface area (Å²) in [5.41, 5.74) is 0. The molecule has 0 saturated carbocycles. The first-order valence-corrected chi connectivity index (χ1v) is 5.75. The van der Waals surface area contributed by atoms with Crippen LogP contribution in [-0.2, 0) is 9.59 Å². The average molecular weight is 222 g/mol. The fraction of sp³-hybridized carbons (Fsp3) is 0.500. The number of hydrogen-bond donors (Lipinski definition) is 0. The van der Waals surface area contributed by atoms with Crippen molar-refractivity contribution in [3.63, 3.8) is 0 Å². The molecule has 0 aromatic rings. The van der Waals surface area contributed by atoms with Crippen LogP contribution in [0.2, 0.25) is 0 Å². The summed E-state index contributed by atoms with van der Waals surface area (Å²) in [7, 11) is 0. The van der Waals surface area contributed by atoms with Crippen molar-refractivity contribution in [2.45, 2.75) is 12.8 Å². The zero-order valence-corrected chi connectivity index (χ0v) is 8.87. The lowest BCUT2D eigenvalue weighted by atomic mass is 9.85. The molecule has 1 saturated heterocycles. The second kappa shape index (κ2) is 4.07. The number of carbonyl (C=O) groups excluding carboxylic acids is 2. The van der Waals surface area contributed by atoms with Crippen molar-refractivity contribution in [2.24, 2.45) is 11.8 Å². The van der Waals surface area contributed by atoms with Gasteiger partial charge in [0.1, 0.15) is 5.40 Å². The van der Waals surface area contributed by atoms with E-state index in [0.717, 1.165) is 11.8 Å². The predicted molar refractivity (Wildman–Crippen MR) is 55.3 cm³/mol. The highest BCUT2D eigenvalue weighted by molar-refractivity contribution is 8.03. The molecule has 2 amide bonds. The minimum absolute atomic E-state index is 0.114. The maximum absolute atomic E-state index is 11.8. The van der Waals surface area contributed by atoms with Crippen LogP contribution in [0.3, 0.4) is 0 Å².